The summed E-state index contributed by atoms with van der Waals surface area (Å²) in [5.41, 5.74) is 2.85. The lowest BCUT2D eigenvalue weighted by atomic mass is 10.1. The molecule has 1 saturated heterocycles. The standard InChI is InChI=1S/C22H27ClN2O2/c1-16-12-25(13-17(2)27-16)14-18-8-10-19(11-9-18)22(26)24(3)15-20-6-4-5-7-21(20)23/h4-11,16-17H,12-15H2,1-3H3. The first kappa shape index (κ1) is 19.9. The number of hydrogen-bond donors (Lipinski definition) is 0. The Morgan fingerprint density at radius 1 is 1.11 bits per heavy atom. The number of morpholine rings is 1. The van der Waals surface area contributed by atoms with Crippen molar-refractivity contribution in [2.24, 2.45) is 0 Å². The molecule has 27 heavy (non-hydrogen) atoms. The zero-order chi connectivity index (χ0) is 19.4. The van der Waals surface area contributed by atoms with Crippen molar-refractivity contribution < 1.29 is 9.53 Å². The number of hydrogen-bond acceptors (Lipinski definition) is 3. The van der Waals surface area contributed by atoms with Crippen LogP contribution in [-0.4, -0.2) is 48.1 Å². The van der Waals surface area contributed by atoms with Gasteiger partial charge in [0.2, 0.25) is 0 Å². The first-order valence-electron chi connectivity index (χ1n) is 9.38. The maximum atomic E-state index is 12.7. The van der Waals surface area contributed by atoms with E-state index in [1.165, 1.54) is 5.56 Å². The van der Waals surface area contributed by atoms with E-state index in [-0.39, 0.29) is 18.1 Å². The number of benzene rings is 2. The number of halogens is 1. The molecule has 5 heteroatoms. The van der Waals surface area contributed by atoms with Gasteiger partial charge in [0.25, 0.3) is 5.91 Å². The van der Waals surface area contributed by atoms with Crippen LogP contribution >= 0.6 is 11.6 Å². The van der Waals surface area contributed by atoms with Crippen LogP contribution in [0.5, 0.6) is 0 Å². The van der Waals surface area contributed by atoms with E-state index in [1.54, 1.807) is 11.9 Å². The van der Waals surface area contributed by atoms with E-state index in [2.05, 4.69) is 18.7 Å². The molecule has 1 aliphatic rings. The van der Waals surface area contributed by atoms with E-state index in [4.69, 9.17) is 16.3 Å². The topological polar surface area (TPSA) is 32.8 Å². The molecule has 0 radical (unpaired) electrons. The second-order valence-electron chi connectivity index (χ2n) is 7.40. The van der Waals surface area contributed by atoms with Crippen LogP contribution in [0.3, 0.4) is 0 Å². The number of ether oxygens (including phenoxy) is 1. The minimum atomic E-state index is -0.00455. The lowest BCUT2D eigenvalue weighted by molar-refractivity contribution is -0.0704. The van der Waals surface area contributed by atoms with Crippen molar-refractivity contribution >= 4 is 17.5 Å². The normalized spacial score (nSPS) is 20.4. The van der Waals surface area contributed by atoms with Crippen LogP contribution in [0.15, 0.2) is 48.5 Å². The second kappa shape index (κ2) is 8.87. The first-order chi connectivity index (χ1) is 12.9. The number of nitrogens with zero attached hydrogens (tertiary/aromatic N) is 2. The molecule has 1 amide bonds. The first-order valence-corrected chi connectivity index (χ1v) is 9.76. The van der Waals surface area contributed by atoms with Crippen molar-refractivity contribution in [1.82, 2.24) is 9.80 Å². The van der Waals surface area contributed by atoms with Crippen LogP contribution in [0.1, 0.15) is 35.3 Å². The third-order valence-corrected chi connectivity index (χ3v) is 5.18. The van der Waals surface area contributed by atoms with Crippen LogP contribution in [-0.2, 0) is 17.8 Å². The van der Waals surface area contributed by atoms with Gasteiger partial charge >= 0.3 is 0 Å². The second-order valence-corrected chi connectivity index (χ2v) is 7.81. The molecule has 0 spiro atoms. The predicted octanol–water partition coefficient (Wildman–Crippen LogP) is 4.22. The molecule has 0 N–H and O–H groups in total. The van der Waals surface area contributed by atoms with Gasteiger partial charge in [0.05, 0.1) is 12.2 Å². The summed E-state index contributed by atoms with van der Waals surface area (Å²) in [7, 11) is 1.80. The van der Waals surface area contributed by atoms with Crippen LogP contribution < -0.4 is 0 Å². The summed E-state index contributed by atoms with van der Waals surface area (Å²) in [6, 6.07) is 15.5. The molecular formula is C22H27ClN2O2. The van der Waals surface area contributed by atoms with Gasteiger partial charge in [0.15, 0.2) is 0 Å². The Morgan fingerprint density at radius 2 is 1.74 bits per heavy atom. The molecule has 2 aromatic rings. The fourth-order valence-electron chi connectivity index (χ4n) is 3.60. The highest BCUT2D eigenvalue weighted by molar-refractivity contribution is 6.31. The number of amides is 1. The van der Waals surface area contributed by atoms with E-state index in [1.807, 2.05) is 48.5 Å². The molecule has 0 aliphatic carbocycles. The summed E-state index contributed by atoms with van der Waals surface area (Å²) in [6.07, 6.45) is 0.515. The zero-order valence-electron chi connectivity index (χ0n) is 16.2. The number of carbonyl (C=O) groups is 1. The van der Waals surface area contributed by atoms with Gasteiger partial charge < -0.3 is 9.64 Å². The highest BCUT2D eigenvalue weighted by Gasteiger charge is 2.22. The third kappa shape index (κ3) is 5.32. The van der Waals surface area contributed by atoms with Crippen LogP contribution in [0.25, 0.3) is 0 Å². The van der Waals surface area contributed by atoms with Crippen molar-refractivity contribution in [3.63, 3.8) is 0 Å². The Kier molecular flexibility index (Phi) is 6.53. The van der Waals surface area contributed by atoms with E-state index in [0.29, 0.717) is 17.1 Å². The van der Waals surface area contributed by atoms with E-state index >= 15 is 0 Å². The summed E-state index contributed by atoms with van der Waals surface area (Å²) < 4.78 is 5.79. The van der Waals surface area contributed by atoms with Gasteiger partial charge in [-0.1, -0.05) is 41.9 Å². The molecule has 2 atom stereocenters. The van der Waals surface area contributed by atoms with E-state index < -0.39 is 0 Å². The maximum Gasteiger partial charge on any atom is 0.253 e. The van der Waals surface area contributed by atoms with Gasteiger partial charge in [-0.05, 0) is 43.2 Å². The Balaban J connectivity index is 1.60. The predicted molar refractivity (Wildman–Crippen MR) is 109 cm³/mol. The van der Waals surface area contributed by atoms with Gasteiger partial charge in [-0.2, -0.15) is 0 Å². The SMILES string of the molecule is CC1CN(Cc2ccc(C(=O)N(C)Cc3ccccc3Cl)cc2)CC(C)O1. The zero-order valence-corrected chi connectivity index (χ0v) is 16.9. The minimum absolute atomic E-state index is 0.00455. The van der Waals surface area contributed by atoms with E-state index in [0.717, 1.165) is 25.2 Å². The average molecular weight is 387 g/mol. The highest BCUT2D eigenvalue weighted by atomic mass is 35.5. The molecule has 0 bridgehead atoms. The van der Waals surface area contributed by atoms with Crippen molar-refractivity contribution in [2.75, 3.05) is 20.1 Å². The van der Waals surface area contributed by atoms with Crippen LogP contribution in [0.2, 0.25) is 5.02 Å². The molecular weight excluding hydrogens is 360 g/mol. The molecule has 1 aliphatic heterocycles. The van der Waals surface area contributed by atoms with Gasteiger partial charge in [-0.15, -0.1) is 0 Å². The Hall–Kier alpha value is -1.88. The van der Waals surface area contributed by atoms with Crippen molar-refractivity contribution in [1.29, 1.82) is 0 Å². The summed E-state index contributed by atoms with van der Waals surface area (Å²) in [5, 5.41) is 0.682. The Labute approximate surface area is 166 Å². The molecule has 2 aromatic carbocycles. The van der Waals surface area contributed by atoms with Crippen molar-refractivity contribution in [3.05, 3.63) is 70.2 Å². The van der Waals surface area contributed by atoms with Gasteiger partial charge in [-0.3, -0.25) is 9.69 Å². The fourth-order valence-corrected chi connectivity index (χ4v) is 3.79. The van der Waals surface area contributed by atoms with Gasteiger partial charge in [0, 0.05) is 43.8 Å². The molecule has 3 rings (SSSR count). The Morgan fingerprint density at radius 3 is 2.37 bits per heavy atom. The summed E-state index contributed by atoms with van der Waals surface area (Å²) >= 11 is 6.20. The fraction of sp³-hybridized carbons (Fsp3) is 0.409. The van der Waals surface area contributed by atoms with E-state index in [9.17, 15) is 4.79 Å². The molecule has 0 aromatic heterocycles. The average Bonchev–Trinajstić information content (AvgIpc) is 2.63. The van der Waals surface area contributed by atoms with Gasteiger partial charge in [-0.25, -0.2) is 0 Å². The van der Waals surface area contributed by atoms with Crippen molar-refractivity contribution in [3.8, 4) is 0 Å². The quantitative estimate of drug-likeness (QED) is 0.771. The summed E-state index contributed by atoms with van der Waals surface area (Å²) in [6.45, 7) is 7.46. The molecule has 1 heterocycles. The highest BCUT2D eigenvalue weighted by Crippen LogP contribution is 2.18. The van der Waals surface area contributed by atoms with Crippen LogP contribution in [0, 0.1) is 0 Å². The lowest BCUT2D eigenvalue weighted by Gasteiger charge is -2.35. The molecule has 2 unspecified atom stereocenters. The maximum absolute atomic E-state index is 12.7. The molecule has 1 fully saturated rings. The largest absolute Gasteiger partial charge is 0.373 e. The smallest absolute Gasteiger partial charge is 0.253 e. The summed E-state index contributed by atoms with van der Waals surface area (Å²) in [5.74, 6) is -0.00455. The molecule has 0 saturated carbocycles. The van der Waals surface area contributed by atoms with Gasteiger partial charge in [0.1, 0.15) is 0 Å². The number of carbonyl (C=O) groups excluding carboxylic acids is 1. The minimum Gasteiger partial charge on any atom is -0.373 e. The third-order valence-electron chi connectivity index (χ3n) is 4.81. The van der Waals surface area contributed by atoms with Crippen LogP contribution in [0.4, 0.5) is 0 Å². The molecule has 144 valence electrons. The number of rotatable bonds is 5. The summed E-state index contributed by atoms with van der Waals surface area (Å²) in [4.78, 5) is 16.8. The van der Waals surface area contributed by atoms with Crippen molar-refractivity contribution in [2.45, 2.75) is 39.1 Å². The molecule has 4 nitrogen and oxygen atoms in total. The monoisotopic (exact) mass is 386 g/mol. The Bertz CT molecular complexity index is 768. The lowest BCUT2D eigenvalue weighted by Crippen LogP contribution is -2.44.